The van der Waals surface area contributed by atoms with Gasteiger partial charge in [-0.15, -0.1) is 11.8 Å². The van der Waals surface area contributed by atoms with Crippen LogP contribution >= 0.6 is 23.4 Å². The minimum Gasteiger partial charge on any atom is -0.394 e. The molecule has 3 aliphatic heterocycles. The van der Waals surface area contributed by atoms with E-state index >= 15 is 0 Å². The Labute approximate surface area is 245 Å². The summed E-state index contributed by atoms with van der Waals surface area (Å²) in [5.41, 5.74) is 2.33. The number of thioether (sulfide) groups is 1. The average molecular weight is 584 g/mol. The van der Waals surface area contributed by atoms with E-state index in [1.54, 1.807) is 22.7 Å². The van der Waals surface area contributed by atoms with Crippen LogP contribution in [0.25, 0.3) is 0 Å². The summed E-state index contributed by atoms with van der Waals surface area (Å²) in [5, 5.41) is 17.0. The van der Waals surface area contributed by atoms with Crippen molar-refractivity contribution in [2.75, 3.05) is 11.9 Å². The molecule has 3 saturated heterocycles. The van der Waals surface area contributed by atoms with E-state index in [9.17, 15) is 19.5 Å². The Morgan fingerprint density at radius 1 is 1.15 bits per heavy atom. The molecular formula is C31H38ClN3O4S. The quantitative estimate of drug-likeness (QED) is 0.399. The monoisotopic (exact) mass is 583 g/mol. The van der Waals surface area contributed by atoms with Gasteiger partial charge in [0, 0.05) is 11.8 Å². The maximum atomic E-state index is 14.4. The summed E-state index contributed by atoms with van der Waals surface area (Å²) in [4.78, 5) is 44.0. The molecule has 0 saturated carbocycles. The highest BCUT2D eigenvalue weighted by molar-refractivity contribution is 8.02. The second-order valence-electron chi connectivity index (χ2n) is 11.9. The first-order valence-electron chi connectivity index (χ1n) is 14.1. The predicted molar refractivity (Wildman–Crippen MR) is 159 cm³/mol. The molecule has 2 aromatic rings. The number of amides is 3. The first-order valence-corrected chi connectivity index (χ1v) is 15.3. The van der Waals surface area contributed by atoms with Crippen LogP contribution in [0.5, 0.6) is 0 Å². The molecule has 0 aromatic heterocycles. The smallest absolute Gasteiger partial charge is 0.248 e. The van der Waals surface area contributed by atoms with Gasteiger partial charge in [0.15, 0.2) is 0 Å². The first kappa shape index (κ1) is 29.0. The lowest BCUT2D eigenvalue weighted by Crippen LogP contribution is -2.57. The number of aryl methyl sites for hydroxylation is 1. The Hall–Kier alpha value is -2.55. The topological polar surface area (TPSA) is 98.7 Å². The number of nitrogens with one attached hydrogen (secondary N) is 2. The van der Waals surface area contributed by atoms with Gasteiger partial charge in [0.05, 0.1) is 39.9 Å². The third-order valence-corrected chi connectivity index (χ3v) is 11.3. The molecule has 2 bridgehead atoms. The number of carbonyl (C=O) groups excluding carboxylic acids is 3. The van der Waals surface area contributed by atoms with Crippen LogP contribution in [0.1, 0.15) is 44.7 Å². The molecule has 3 unspecified atom stereocenters. The van der Waals surface area contributed by atoms with Gasteiger partial charge in [0.25, 0.3) is 0 Å². The third kappa shape index (κ3) is 4.82. The molecule has 5 rings (SSSR count). The van der Waals surface area contributed by atoms with Crippen molar-refractivity contribution in [2.45, 2.75) is 69.2 Å². The molecule has 3 heterocycles. The van der Waals surface area contributed by atoms with E-state index in [4.69, 9.17) is 11.6 Å². The van der Waals surface area contributed by atoms with Crippen molar-refractivity contribution in [3.63, 3.8) is 0 Å². The van der Waals surface area contributed by atoms with Gasteiger partial charge in [-0.25, -0.2) is 0 Å². The largest absolute Gasteiger partial charge is 0.394 e. The standard InChI is InChI=1S/C31H38ClN3O4S/c1-17(2)13-21(16-36)35-27(29(38)34-26-18(3)9-8-12-22(26)32)31-19(4)14-23(40-31)24(25(31)30(35)39)28(37)33-15-20-10-6-5-7-11-20/h5-12,17,19,21,23-25,27,36H,13-16H2,1-4H3,(H,33,37)(H,34,38)/t19?,21-,23+,24-,25+,27?,31?/m1/s1. The molecule has 1 spiro atoms. The number of benzene rings is 2. The van der Waals surface area contributed by atoms with Crippen LogP contribution in [-0.2, 0) is 20.9 Å². The number of para-hydroxylation sites is 1. The number of halogens is 1. The van der Waals surface area contributed by atoms with Crippen molar-refractivity contribution in [3.05, 3.63) is 64.7 Å². The fraction of sp³-hybridized carbons (Fsp3) is 0.516. The van der Waals surface area contributed by atoms with Crippen molar-refractivity contribution in [1.29, 1.82) is 0 Å². The predicted octanol–water partition coefficient (Wildman–Crippen LogP) is 4.65. The fourth-order valence-corrected chi connectivity index (χ4v) is 9.83. The number of rotatable bonds is 9. The maximum Gasteiger partial charge on any atom is 0.248 e. The molecule has 0 aliphatic carbocycles. The number of hydrogen-bond acceptors (Lipinski definition) is 5. The van der Waals surface area contributed by atoms with Crippen molar-refractivity contribution < 1.29 is 19.5 Å². The van der Waals surface area contributed by atoms with E-state index in [0.717, 1.165) is 17.5 Å². The second kappa shape index (κ2) is 11.4. The number of anilines is 1. The maximum absolute atomic E-state index is 14.4. The van der Waals surface area contributed by atoms with Crippen LogP contribution in [-0.4, -0.2) is 56.4 Å². The van der Waals surface area contributed by atoms with Crippen LogP contribution in [0, 0.1) is 30.6 Å². The number of aliphatic hydroxyl groups excluding tert-OH is 1. The molecule has 3 fully saturated rings. The zero-order chi connectivity index (χ0) is 28.8. The molecule has 3 aliphatic rings. The Bertz CT molecular complexity index is 1270. The van der Waals surface area contributed by atoms with Gasteiger partial charge in [-0.2, -0.15) is 0 Å². The highest BCUT2D eigenvalue weighted by atomic mass is 35.5. The Morgan fingerprint density at radius 3 is 2.52 bits per heavy atom. The van der Waals surface area contributed by atoms with E-state index in [1.165, 1.54) is 0 Å². The van der Waals surface area contributed by atoms with E-state index in [1.807, 2.05) is 63.2 Å². The lowest BCUT2D eigenvalue weighted by molar-refractivity contribution is -0.142. The van der Waals surface area contributed by atoms with Crippen molar-refractivity contribution in [3.8, 4) is 0 Å². The van der Waals surface area contributed by atoms with Crippen LogP contribution < -0.4 is 10.6 Å². The SMILES string of the molecule is Cc1cccc(Cl)c1NC(=O)C1N([C@@H](CO)CC(C)C)C(=O)[C@@H]2[C@H](C(=O)NCc3ccccc3)[C@@H]3CC(C)C12S3. The molecule has 40 heavy (non-hydrogen) atoms. The Morgan fingerprint density at radius 2 is 1.88 bits per heavy atom. The first-order chi connectivity index (χ1) is 19.1. The van der Waals surface area contributed by atoms with E-state index in [0.29, 0.717) is 23.7 Å². The average Bonchev–Trinajstić information content (AvgIpc) is 3.52. The minimum absolute atomic E-state index is 0.0288. The number of hydrogen-bond donors (Lipinski definition) is 3. The highest BCUT2D eigenvalue weighted by Gasteiger charge is 2.76. The minimum atomic E-state index is -0.839. The number of carbonyl (C=O) groups is 3. The zero-order valence-electron chi connectivity index (χ0n) is 23.4. The van der Waals surface area contributed by atoms with Gasteiger partial charge >= 0.3 is 0 Å². The van der Waals surface area contributed by atoms with Crippen LogP contribution in [0.4, 0.5) is 5.69 Å². The summed E-state index contributed by atoms with van der Waals surface area (Å²) >= 11 is 8.10. The van der Waals surface area contributed by atoms with E-state index in [2.05, 4.69) is 17.6 Å². The Balaban J connectivity index is 1.52. The molecule has 214 valence electrons. The molecule has 3 amide bonds. The van der Waals surface area contributed by atoms with Crippen LogP contribution in [0.3, 0.4) is 0 Å². The lowest BCUT2D eigenvalue weighted by Gasteiger charge is -2.40. The summed E-state index contributed by atoms with van der Waals surface area (Å²) in [6.45, 7) is 8.16. The van der Waals surface area contributed by atoms with Gasteiger partial charge < -0.3 is 20.6 Å². The normalized spacial score (nSPS) is 29.5. The van der Waals surface area contributed by atoms with Crippen molar-refractivity contribution in [1.82, 2.24) is 10.2 Å². The lowest BCUT2D eigenvalue weighted by atomic mass is 9.66. The third-order valence-electron chi connectivity index (χ3n) is 8.86. The summed E-state index contributed by atoms with van der Waals surface area (Å²) in [7, 11) is 0. The molecule has 7 nitrogen and oxygen atoms in total. The van der Waals surface area contributed by atoms with E-state index < -0.39 is 28.7 Å². The summed E-state index contributed by atoms with van der Waals surface area (Å²) < 4.78 is -0.778. The number of fused-ring (bicyclic) bond motifs is 1. The molecule has 0 radical (unpaired) electrons. The Kier molecular flexibility index (Phi) is 8.24. The van der Waals surface area contributed by atoms with Gasteiger partial charge in [-0.05, 0) is 48.8 Å². The molecule has 2 aromatic carbocycles. The van der Waals surface area contributed by atoms with Gasteiger partial charge in [0.1, 0.15) is 6.04 Å². The fourth-order valence-electron chi connectivity index (χ4n) is 7.16. The summed E-state index contributed by atoms with van der Waals surface area (Å²) in [6.07, 6.45) is 1.29. The number of likely N-dealkylation sites (tertiary alicyclic amines) is 1. The molecular weight excluding hydrogens is 546 g/mol. The van der Waals surface area contributed by atoms with Gasteiger partial charge in [0.2, 0.25) is 17.7 Å². The number of nitrogens with zero attached hydrogens (tertiary/aromatic N) is 1. The van der Waals surface area contributed by atoms with Crippen LogP contribution in [0.2, 0.25) is 5.02 Å². The van der Waals surface area contributed by atoms with Crippen molar-refractivity contribution in [2.24, 2.45) is 23.7 Å². The summed E-state index contributed by atoms with van der Waals surface area (Å²) in [6, 6.07) is 13.8. The van der Waals surface area contributed by atoms with Gasteiger partial charge in [-0.3, -0.25) is 14.4 Å². The van der Waals surface area contributed by atoms with E-state index in [-0.39, 0.29) is 41.4 Å². The summed E-state index contributed by atoms with van der Waals surface area (Å²) in [5.74, 6) is -1.65. The van der Waals surface area contributed by atoms with Crippen LogP contribution in [0.15, 0.2) is 48.5 Å². The molecule has 3 N–H and O–H groups in total. The molecule has 7 atom stereocenters. The zero-order valence-corrected chi connectivity index (χ0v) is 25.0. The van der Waals surface area contributed by atoms with Crippen molar-refractivity contribution >= 4 is 46.8 Å². The highest BCUT2D eigenvalue weighted by Crippen LogP contribution is 2.69. The second-order valence-corrected chi connectivity index (χ2v) is 13.8. The molecule has 9 heteroatoms. The number of aliphatic hydroxyl groups is 1. The van der Waals surface area contributed by atoms with Gasteiger partial charge in [-0.1, -0.05) is 74.8 Å².